The minimum absolute atomic E-state index is 0.312. The summed E-state index contributed by atoms with van der Waals surface area (Å²) in [7, 11) is 0. The fourth-order valence-corrected chi connectivity index (χ4v) is 5.00. The molecule has 0 bridgehead atoms. The van der Waals surface area contributed by atoms with Gasteiger partial charge in [0.2, 0.25) is 5.13 Å². The summed E-state index contributed by atoms with van der Waals surface area (Å²) in [5.41, 5.74) is 2.80. The standard InChI is InChI=1S/C21H13N5O3S3/c22-10-13-1-3-14(4-2-13)11-30-21-26-25-19(32-21)23-17(27)15-7-5-12(6-8-15)9-16-18(28)24-20(29)31-16/h1-9H,11H2,(H,23,25,27)(H,24,28,29)/b16-9+. The lowest BCUT2D eigenvalue weighted by atomic mass is 10.1. The number of benzene rings is 2. The van der Waals surface area contributed by atoms with E-state index >= 15 is 0 Å². The molecule has 2 aromatic carbocycles. The predicted molar refractivity (Wildman–Crippen MR) is 124 cm³/mol. The zero-order valence-corrected chi connectivity index (χ0v) is 18.6. The number of amides is 3. The topological polar surface area (TPSA) is 125 Å². The van der Waals surface area contributed by atoms with Crippen LogP contribution in [0.1, 0.15) is 27.0 Å². The highest BCUT2D eigenvalue weighted by molar-refractivity contribution is 8.18. The number of anilines is 1. The average Bonchev–Trinajstić information content (AvgIpc) is 3.38. The lowest BCUT2D eigenvalue weighted by molar-refractivity contribution is -0.115. The molecule has 0 spiro atoms. The maximum atomic E-state index is 12.5. The number of carbonyl (C=O) groups is 3. The summed E-state index contributed by atoms with van der Waals surface area (Å²) in [4.78, 5) is 35.6. The van der Waals surface area contributed by atoms with Crippen molar-refractivity contribution in [1.29, 1.82) is 5.26 Å². The van der Waals surface area contributed by atoms with E-state index in [1.54, 1.807) is 42.5 Å². The number of nitrogens with one attached hydrogen (secondary N) is 2. The number of hydrogen-bond acceptors (Lipinski definition) is 9. The molecule has 1 aliphatic heterocycles. The third-order valence-electron chi connectivity index (χ3n) is 4.18. The Hall–Kier alpha value is -3.46. The summed E-state index contributed by atoms with van der Waals surface area (Å²) >= 11 is 3.61. The Morgan fingerprint density at radius 3 is 2.53 bits per heavy atom. The van der Waals surface area contributed by atoms with Crippen LogP contribution in [0.25, 0.3) is 6.08 Å². The van der Waals surface area contributed by atoms with Gasteiger partial charge in [0, 0.05) is 11.3 Å². The van der Waals surface area contributed by atoms with E-state index < -0.39 is 11.1 Å². The van der Waals surface area contributed by atoms with Crippen molar-refractivity contribution < 1.29 is 14.4 Å². The van der Waals surface area contributed by atoms with Crippen LogP contribution < -0.4 is 10.6 Å². The number of thioether (sulfide) groups is 2. The number of rotatable bonds is 6. The van der Waals surface area contributed by atoms with Crippen LogP contribution in [0, 0.1) is 11.3 Å². The van der Waals surface area contributed by atoms with Gasteiger partial charge in [0.1, 0.15) is 0 Å². The van der Waals surface area contributed by atoms with E-state index in [0.29, 0.717) is 36.8 Å². The number of imide groups is 1. The second-order valence-corrected chi connectivity index (χ2v) is 9.61. The first-order chi connectivity index (χ1) is 15.5. The lowest BCUT2D eigenvalue weighted by Crippen LogP contribution is -2.17. The fourth-order valence-electron chi connectivity index (χ4n) is 2.61. The van der Waals surface area contributed by atoms with Crippen molar-refractivity contribution in [2.45, 2.75) is 10.1 Å². The third-order valence-corrected chi connectivity index (χ3v) is 7.04. The van der Waals surface area contributed by atoms with Crippen LogP contribution in [-0.4, -0.2) is 27.3 Å². The monoisotopic (exact) mass is 479 g/mol. The molecule has 1 fully saturated rings. The zero-order chi connectivity index (χ0) is 22.5. The van der Waals surface area contributed by atoms with Crippen LogP contribution in [0.5, 0.6) is 0 Å². The van der Waals surface area contributed by atoms with Gasteiger partial charge in [-0.3, -0.25) is 25.0 Å². The lowest BCUT2D eigenvalue weighted by Gasteiger charge is -2.02. The molecule has 0 unspecified atom stereocenters. The van der Waals surface area contributed by atoms with Gasteiger partial charge in [0.25, 0.3) is 17.1 Å². The van der Waals surface area contributed by atoms with Crippen molar-refractivity contribution in [2.75, 3.05) is 5.32 Å². The van der Waals surface area contributed by atoms with Gasteiger partial charge < -0.3 is 0 Å². The van der Waals surface area contributed by atoms with Crippen molar-refractivity contribution in [3.63, 3.8) is 0 Å². The molecule has 0 atom stereocenters. The summed E-state index contributed by atoms with van der Waals surface area (Å²) in [5, 5.41) is 21.9. The molecule has 0 saturated carbocycles. The van der Waals surface area contributed by atoms with Crippen molar-refractivity contribution in [3.8, 4) is 6.07 Å². The second kappa shape index (κ2) is 9.78. The highest BCUT2D eigenvalue weighted by atomic mass is 32.2. The Morgan fingerprint density at radius 1 is 1.12 bits per heavy atom. The van der Waals surface area contributed by atoms with Gasteiger partial charge in [0.05, 0.1) is 16.5 Å². The molecule has 3 aromatic rings. The first-order valence-electron chi connectivity index (χ1n) is 9.12. The molecule has 4 rings (SSSR count). The second-order valence-electron chi connectivity index (χ2n) is 6.40. The quantitative estimate of drug-likeness (QED) is 0.305. The van der Waals surface area contributed by atoms with Crippen LogP contribution >= 0.6 is 34.9 Å². The fraction of sp³-hybridized carbons (Fsp3) is 0.0476. The Balaban J connectivity index is 1.33. The Bertz CT molecular complexity index is 1260. The highest BCUT2D eigenvalue weighted by Gasteiger charge is 2.24. The van der Waals surface area contributed by atoms with Gasteiger partial charge in [-0.1, -0.05) is 47.4 Å². The average molecular weight is 480 g/mol. The van der Waals surface area contributed by atoms with Gasteiger partial charge in [0.15, 0.2) is 4.34 Å². The summed E-state index contributed by atoms with van der Waals surface area (Å²) in [6.45, 7) is 0. The van der Waals surface area contributed by atoms with E-state index in [4.69, 9.17) is 5.26 Å². The third kappa shape index (κ3) is 5.42. The Kier molecular flexibility index (Phi) is 6.65. The van der Waals surface area contributed by atoms with E-state index in [2.05, 4.69) is 26.9 Å². The van der Waals surface area contributed by atoms with Gasteiger partial charge >= 0.3 is 0 Å². The summed E-state index contributed by atoms with van der Waals surface area (Å²) in [6, 6.07) is 16.0. The summed E-state index contributed by atoms with van der Waals surface area (Å²) < 4.78 is 0.716. The molecule has 158 valence electrons. The predicted octanol–water partition coefficient (Wildman–Crippen LogP) is 4.28. The van der Waals surface area contributed by atoms with Crippen molar-refractivity contribution in [3.05, 3.63) is 75.7 Å². The Labute approximate surface area is 195 Å². The maximum Gasteiger partial charge on any atom is 0.290 e. The molecule has 0 radical (unpaired) electrons. The molecule has 3 amide bonds. The van der Waals surface area contributed by atoms with E-state index in [-0.39, 0.29) is 5.91 Å². The van der Waals surface area contributed by atoms with Crippen molar-refractivity contribution in [1.82, 2.24) is 15.5 Å². The van der Waals surface area contributed by atoms with Gasteiger partial charge in [-0.2, -0.15) is 5.26 Å². The summed E-state index contributed by atoms with van der Waals surface area (Å²) in [5.74, 6) is -0.0780. The molecule has 0 aliphatic carbocycles. The van der Waals surface area contributed by atoms with E-state index in [1.807, 2.05) is 12.1 Å². The molecule has 11 heteroatoms. The number of carbonyl (C=O) groups excluding carboxylic acids is 3. The van der Waals surface area contributed by atoms with Crippen LogP contribution in [0.3, 0.4) is 0 Å². The molecule has 2 heterocycles. The summed E-state index contributed by atoms with van der Waals surface area (Å²) in [6.07, 6.45) is 1.59. The molecule has 2 N–H and O–H groups in total. The van der Waals surface area contributed by atoms with E-state index in [1.165, 1.54) is 23.1 Å². The SMILES string of the molecule is N#Cc1ccc(CSc2nnc(NC(=O)c3ccc(/C=C4/SC(=O)NC4=O)cc3)s2)cc1. The van der Waals surface area contributed by atoms with Crippen molar-refractivity contribution >= 4 is 63.1 Å². The number of hydrogen-bond donors (Lipinski definition) is 2. The van der Waals surface area contributed by atoms with Gasteiger partial charge in [-0.25, -0.2) is 0 Å². The van der Waals surface area contributed by atoms with E-state index in [0.717, 1.165) is 17.3 Å². The Morgan fingerprint density at radius 2 is 1.88 bits per heavy atom. The molecule has 32 heavy (non-hydrogen) atoms. The van der Waals surface area contributed by atoms with Crippen LogP contribution in [-0.2, 0) is 10.5 Å². The van der Waals surface area contributed by atoms with Crippen LogP contribution in [0.2, 0.25) is 0 Å². The van der Waals surface area contributed by atoms with Crippen LogP contribution in [0.15, 0.2) is 57.8 Å². The maximum absolute atomic E-state index is 12.5. The first kappa shape index (κ1) is 21.8. The number of aromatic nitrogens is 2. The largest absolute Gasteiger partial charge is 0.296 e. The van der Waals surface area contributed by atoms with Crippen molar-refractivity contribution in [2.24, 2.45) is 0 Å². The minimum Gasteiger partial charge on any atom is -0.296 e. The molecular formula is C21H13N5O3S3. The first-order valence-corrected chi connectivity index (χ1v) is 11.7. The molecular weight excluding hydrogens is 466 g/mol. The van der Waals surface area contributed by atoms with Crippen LogP contribution in [0.4, 0.5) is 9.93 Å². The molecule has 1 saturated heterocycles. The zero-order valence-electron chi connectivity index (χ0n) is 16.2. The molecule has 1 aromatic heterocycles. The number of nitriles is 1. The minimum atomic E-state index is -0.425. The highest BCUT2D eigenvalue weighted by Crippen LogP contribution is 2.29. The van der Waals surface area contributed by atoms with Gasteiger partial charge in [-0.05, 0) is 53.2 Å². The molecule has 1 aliphatic rings. The molecule has 8 nitrogen and oxygen atoms in total. The number of nitrogens with zero attached hydrogens (tertiary/aromatic N) is 3. The smallest absolute Gasteiger partial charge is 0.290 e. The van der Waals surface area contributed by atoms with Gasteiger partial charge in [-0.15, -0.1) is 10.2 Å². The normalized spacial score (nSPS) is 14.3. The van der Waals surface area contributed by atoms with E-state index in [9.17, 15) is 14.4 Å².